The van der Waals surface area contributed by atoms with Crippen molar-refractivity contribution in [2.75, 3.05) is 5.32 Å². The summed E-state index contributed by atoms with van der Waals surface area (Å²) >= 11 is 0. The summed E-state index contributed by atoms with van der Waals surface area (Å²) in [4.78, 5) is 13.2. The summed E-state index contributed by atoms with van der Waals surface area (Å²) in [6.45, 7) is 0. The van der Waals surface area contributed by atoms with Gasteiger partial charge in [-0.3, -0.25) is 4.98 Å². The molecule has 0 spiro atoms. The highest BCUT2D eigenvalue weighted by Gasteiger charge is 2.28. The van der Waals surface area contributed by atoms with Crippen LogP contribution in [0.2, 0.25) is 0 Å². The van der Waals surface area contributed by atoms with Gasteiger partial charge in [-0.25, -0.2) is 27.5 Å². The van der Waals surface area contributed by atoms with Gasteiger partial charge in [-0.2, -0.15) is 0 Å². The average Bonchev–Trinajstić information content (AvgIpc) is 3.57. The molecule has 0 radical (unpaired) electrons. The van der Waals surface area contributed by atoms with Gasteiger partial charge in [0.2, 0.25) is 16.0 Å². The van der Waals surface area contributed by atoms with E-state index in [1.165, 1.54) is 12.1 Å². The third kappa shape index (κ3) is 4.37. The number of benzene rings is 2. The minimum absolute atomic E-state index is 0.0368. The Morgan fingerprint density at radius 3 is 2.71 bits per heavy atom. The van der Waals surface area contributed by atoms with Crippen molar-refractivity contribution in [2.24, 2.45) is 0 Å². The molecule has 4 aromatic rings. The first-order valence-corrected chi connectivity index (χ1v) is 11.2. The second-order valence-corrected chi connectivity index (χ2v) is 9.09. The molecule has 1 saturated carbocycles. The molecule has 31 heavy (non-hydrogen) atoms. The molecule has 2 heterocycles. The van der Waals surface area contributed by atoms with E-state index in [0.717, 1.165) is 18.2 Å². The van der Waals surface area contributed by atoms with Gasteiger partial charge < -0.3 is 5.32 Å². The van der Waals surface area contributed by atoms with Gasteiger partial charge in [0.25, 0.3) is 0 Å². The smallest absolute Gasteiger partial charge is 0.240 e. The van der Waals surface area contributed by atoms with E-state index in [0.29, 0.717) is 28.4 Å². The Morgan fingerprint density at radius 1 is 1.00 bits per heavy atom. The lowest BCUT2D eigenvalue weighted by molar-refractivity contribution is 0.581. The van der Waals surface area contributed by atoms with Crippen molar-refractivity contribution in [1.82, 2.24) is 19.7 Å². The van der Waals surface area contributed by atoms with E-state index in [4.69, 9.17) is 0 Å². The van der Waals surface area contributed by atoms with Crippen LogP contribution in [0, 0.1) is 5.82 Å². The van der Waals surface area contributed by atoms with E-state index < -0.39 is 10.0 Å². The van der Waals surface area contributed by atoms with Crippen LogP contribution in [0.1, 0.15) is 12.8 Å². The summed E-state index contributed by atoms with van der Waals surface area (Å²) in [5.74, 6) is -0.0467. The van der Waals surface area contributed by atoms with Crippen LogP contribution in [0.25, 0.3) is 22.2 Å². The fraction of sp³-hybridized carbons (Fsp3) is 0.136. The predicted octanol–water partition coefficient (Wildman–Crippen LogP) is 4.02. The first kappa shape index (κ1) is 19.5. The number of pyridine rings is 1. The number of aromatic nitrogens is 3. The summed E-state index contributed by atoms with van der Waals surface area (Å²) in [6, 6.07) is 14.6. The Hall–Kier alpha value is -3.43. The molecular formula is C22H18FN5O2S. The summed E-state index contributed by atoms with van der Waals surface area (Å²) in [7, 11) is -3.55. The van der Waals surface area contributed by atoms with Gasteiger partial charge in [-0.1, -0.05) is 12.1 Å². The lowest BCUT2D eigenvalue weighted by Crippen LogP contribution is -2.25. The zero-order chi connectivity index (χ0) is 21.4. The summed E-state index contributed by atoms with van der Waals surface area (Å²) in [5, 5.41) is 3.83. The molecule has 1 aliphatic carbocycles. The molecule has 0 unspecified atom stereocenters. The van der Waals surface area contributed by atoms with Gasteiger partial charge in [0.05, 0.1) is 16.1 Å². The molecule has 2 N–H and O–H groups in total. The number of nitrogens with one attached hydrogen (secondary N) is 2. The number of hydrogen-bond donors (Lipinski definition) is 2. The molecule has 5 rings (SSSR count). The molecule has 7 nitrogen and oxygen atoms in total. The Kier molecular flexibility index (Phi) is 4.84. The fourth-order valence-corrected chi connectivity index (χ4v) is 4.51. The minimum Gasteiger partial charge on any atom is -0.324 e. The number of fused-ring (bicyclic) bond motifs is 1. The van der Waals surface area contributed by atoms with Crippen LogP contribution in [0.4, 0.5) is 16.0 Å². The van der Waals surface area contributed by atoms with E-state index in [-0.39, 0.29) is 16.8 Å². The fourth-order valence-electron chi connectivity index (χ4n) is 3.16. The maximum atomic E-state index is 13.5. The highest BCUT2D eigenvalue weighted by molar-refractivity contribution is 7.89. The van der Waals surface area contributed by atoms with Crippen LogP contribution < -0.4 is 10.0 Å². The number of anilines is 2. The average molecular weight is 435 g/mol. The summed E-state index contributed by atoms with van der Waals surface area (Å²) in [6.07, 6.45) is 4.98. The molecule has 0 saturated heterocycles. The Balaban J connectivity index is 1.42. The van der Waals surface area contributed by atoms with Crippen molar-refractivity contribution < 1.29 is 12.8 Å². The summed E-state index contributed by atoms with van der Waals surface area (Å²) in [5.41, 5.74) is 2.43. The number of halogens is 1. The van der Waals surface area contributed by atoms with E-state index in [1.807, 2.05) is 0 Å². The molecule has 1 aliphatic rings. The van der Waals surface area contributed by atoms with Gasteiger partial charge in [0.15, 0.2) is 0 Å². The Morgan fingerprint density at radius 2 is 1.87 bits per heavy atom. The Bertz CT molecular complexity index is 1390. The maximum absolute atomic E-state index is 13.5. The van der Waals surface area contributed by atoms with Crippen molar-refractivity contribution >= 4 is 32.6 Å². The zero-order valence-corrected chi connectivity index (χ0v) is 17.1. The molecule has 9 heteroatoms. The van der Waals surface area contributed by atoms with Gasteiger partial charge in [0, 0.05) is 41.1 Å². The molecular weight excluding hydrogens is 417 g/mol. The lowest BCUT2D eigenvalue weighted by Gasteiger charge is -2.09. The van der Waals surface area contributed by atoms with Gasteiger partial charge in [-0.15, -0.1) is 0 Å². The van der Waals surface area contributed by atoms with E-state index >= 15 is 0 Å². The molecule has 0 atom stereocenters. The number of sulfonamides is 1. The largest absolute Gasteiger partial charge is 0.324 e. The standard InChI is InChI=1S/C22H18FN5O2S/c23-16-5-4-15-13-25-22(27-21(15)11-16)26-18-8-9-24-20(12-18)14-2-1-3-19(10-14)31(29,30)28-17-6-7-17/h1-5,8-13,17,28H,6-7H2,(H,24,25,26,27). The zero-order valence-electron chi connectivity index (χ0n) is 16.3. The van der Waals surface area contributed by atoms with Crippen molar-refractivity contribution in [1.29, 1.82) is 0 Å². The topological polar surface area (TPSA) is 96.9 Å². The van der Waals surface area contributed by atoms with Crippen LogP contribution in [0.5, 0.6) is 0 Å². The third-order valence-electron chi connectivity index (χ3n) is 4.90. The SMILES string of the molecule is O=S(=O)(NC1CC1)c1cccc(-c2cc(Nc3ncc4ccc(F)cc4n3)ccn2)c1. The quantitative estimate of drug-likeness (QED) is 0.475. The van der Waals surface area contributed by atoms with Gasteiger partial charge >= 0.3 is 0 Å². The molecule has 0 amide bonds. The first-order valence-electron chi connectivity index (χ1n) is 9.74. The highest BCUT2D eigenvalue weighted by Crippen LogP contribution is 2.26. The monoisotopic (exact) mass is 435 g/mol. The minimum atomic E-state index is -3.55. The second kappa shape index (κ2) is 7.68. The first-order chi connectivity index (χ1) is 15.0. The molecule has 156 valence electrons. The van der Waals surface area contributed by atoms with Crippen molar-refractivity contribution in [2.45, 2.75) is 23.8 Å². The van der Waals surface area contributed by atoms with Gasteiger partial charge in [0.1, 0.15) is 5.82 Å². The van der Waals surface area contributed by atoms with Crippen LogP contribution in [0.3, 0.4) is 0 Å². The van der Waals surface area contributed by atoms with Crippen LogP contribution in [-0.2, 0) is 10.0 Å². The van der Waals surface area contributed by atoms with Crippen LogP contribution in [0.15, 0.2) is 71.9 Å². The van der Waals surface area contributed by atoms with Crippen molar-refractivity contribution in [3.8, 4) is 11.3 Å². The van der Waals surface area contributed by atoms with E-state index in [2.05, 4.69) is 25.0 Å². The second-order valence-electron chi connectivity index (χ2n) is 7.37. The number of nitrogens with zero attached hydrogens (tertiary/aromatic N) is 3. The number of hydrogen-bond acceptors (Lipinski definition) is 6. The lowest BCUT2D eigenvalue weighted by atomic mass is 10.1. The highest BCUT2D eigenvalue weighted by atomic mass is 32.2. The molecule has 1 fully saturated rings. The summed E-state index contributed by atoms with van der Waals surface area (Å²) < 4.78 is 41.2. The molecule has 0 aliphatic heterocycles. The molecule has 2 aromatic heterocycles. The van der Waals surface area contributed by atoms with Gasteiger partial charge in [-0.05, 0) is 49.2 Å². The Labute approximate surface area is 178 Å². The normalized spacial score (nSPS) is 14.0. The third-order valence-corrected chi connectivity index (χ3v) is 6.42. The number of rotatable bonds is 6. The van der Waals surface area contributed by atoms with Crippen molar-refractivity contribution in [3.63, 3.8) is 0 Å². The van der Waals surface area contributed by atoms with Crippen LogP contribution >= 0.6 is 0 Å². The van der Waals surface area contributed by atoms with Crippen molar-refractivity contribution in [3.05, 3.63) is 72.8 Å². The van der Waals surface area contributed by atoms with E-state index in [9.17, 15) is 12.8 Å². The van der Waals surface area contributed by atoms with Crippen LogP contribution in [-0.4, -0.2) is 29.4 Å². The molecule has 2 aromatic carbocycles. The van der Waals surface area contributed by atoms with E-state index in [1.54, 1.807) is 54.9 Å². The maximum Gasteiger partial charge on any atom is 0.240 e. The predicted molar refractivity (Wildman–Crippen MR) is 116 cm³/mol. The molecule has 0 bridgehead atoms.